The van der Waals surface area contributed by atoms with E-state index in [1.165, 1.54) is 31.4 Å². The third kappa shape index (κ3) is 4.73. The SMILES string of the molecule is N#C[C@@H](c1nc2ccccc2nc1NC1CCCCCCC1)S(=O)(=O)c1ccc(F)cc1. The molecule has 0 radical (unpaired) electrons. The normalized spacial score (nSPS) is 16.6. The molecule has 0 amide bonds. The highest BCUT2D eigenvalue weighted by Gasteiger charge is 2.34. The highest BCUT2D eigenvalue weighted by Crippen LogP contribution is 2.33. The summed E-state index contributed by atoms with van der Waals surface area (Å²) in [7, 11) is -4.14. The van der Waals surface area contributed by atoms with Crippen LogP contribution >= 0.6 is 0 Å². The van der Waals surface area contributed by atoms with Crippen molar-refractivity contribution in [3.05, 3.63) is 60.0 Å². The number of benzene rings is 2. The Morgan fingerprint density at radius 1 is 0.938 bits per heavy atom. The van der Waals surface area contributed by atoms with Crippen LogP contribution in [-0.4, -0.2) is 24.4 Å². The molecule has 1 heterocycles. The zero-order valence-corrected chi connectivity index (χ0v) is 18.5. The molecule has 3 aromatic rings. The minimum absolute atomic E-state index is 0.0811. The fourth-order valence-electron chi connectivity index (χ4n) is 4.13. The highest BCUT2D eigenvalue weighted by atomic mass is 32.2. The van der Waals surface area contributed by atoms with Crippen molar-refractivity contribution in [3.8, 4) is 6.07 Å². The van der Waals surface area contributed by atoms with E-state index in [1.807, 2.05) is 18.2 Å². The van der Waals surface area contributed by atoms with Gasteiger partial charge in [0, 0.05) is 6.04 Å². The van der Waals surface area contributed by atoms with Crippen LogP contribution in [0, 0.1) is 17.1 Å². The monoisotopic (exact) mass is 452 g/mol. The maximum atomic E-state index is 13.3. The Bertz CT molecular complexity index is 1230. The molecule has 0 spiro atoms. The van der Waals surface area contributed by atoms with Gasteiger partial charge in [-0.3, -0.25) is 0 Å². The van der Waals surface area contributed by atoms with Crippen molar-refractivity contribution >= 4 is 26.7 Å². The average Bonchev–Trinajstić information content (AvgIpc) is 2.76. The van der Waals surface area contributed by atoms with Crippen LogP contribution in [-0.2, 0) is 9.84 Å². The van der Waals surface area contributed by atoms with E-state index in [0.717, 1.165) is 37.8 Å². The number of hydrogen-bond donors (Lipinski definition) is 1. The molecule has 2 aromatic carbocycles. The molecule has 6 nitrogen and oxygen atoms in total. The van der Waals surface area contributed by atoms with Crippen LogP contribution in [0.25, 0.3) is 11.0 Å². The van der Waals surface area contributed by atoms with Gasteiger partial charge in [-0.25, -0.2) is 22.8 Å². The third-order valence-corrected chi connectivity index (χ3v) is 7.74. The first-order chi connectivity index (χ1) is 15.5. The molecule has 1 aromatic heterocycles. The van der Waals surface area contributed by atoms with E-state index in [9.17, 15) is 18.1 Å². The lowest BCUT2D eigenvalue weighted by atomic mass is 9.96. The van der Waals surface area contributed by atoms with Crippen LogP contribution < -0.4 is 5.32 Å². The highest BCUT2D eigenvalue weighted by molar-refractivity contribution is 7.92. The zero-order valence-electron chi connectivity index (χ0n) is 17.7. The summed E-state index contributed by atoms with van der Waals surface area (Å²) in [5.41, 5.74) is 1.22. The fourth-order valence-corrected chi connectivity index (χ4v) is 5.52. The first kappa shape index (κ1) is 22.2. The van der Waals surface area contributed by atoms with Gasteiger partial charge in [0.15, 0.2) is 11.1 Å². The zero-order chi connectivity index (χ0) is 22.6. The van der Waals surface area contributed by atoms with Gasteiger partial charge in [-0.2, -0.15) is 5.26 Å². The number of halogens is 1. The number of aromatic nitrogens is 2. The molecule has 1 atom stereocenters. The van der Waals surface area contributed by atoms with Gasteiger partial charge in [0.25, 0.3) is 0 Å². The van der Waals surface area contributed by atoms with Crippen molar-refractivity contribution in [3.63, 3.8) is 0 Å². The number of rotatable bonds is 5. The number of para-hydroxylation sites is 2. The topological polar surface area (TPSA) is 95.7 Å². The summed E-state index contributed by atoms with van der Waals surface area (Å²) < 4.78 is 40.0. The lowest BCUT2D eigenvalue weighted by molar-refractivity contribution is 0.470. The molecule has 1 aliphatic rings. The van der Waals surface area contributed by atoms with Crippen molar-refractivity contribution in [1.29, 1.82) is 5.26 Å². The molecule has 1 aliphatic carbocycles. The van der Waals surface area contributed by atoms with Gasteiger partial charge in [-0.05, 0) is 49.2 Å². The summed E-state index contributed by atoms with van der Waals surface area (Å²) in [5.74, 6) is -0.221. The molecule has 0 bridgehead atoms. The van der Waals surface area contributed by atoms with Crippen LogP contribution in [0.4, 0.5) is 10.2 Å². The molecular weight excluding hydrogens is 427 g/mol. The van der Waals surface area contributed by atoms with E-state index in [2.05, 4.69) is 15.3 Å². The Morgan fingerprint density at radius 3 is 2.16 bits per heavy atom. The summed E-state index contributed by atoms with van der Waals surface area (Å²) in [6.45, 7) is 0. The Morgan fingerprint density at radius 2 is 1.53 bits per heavy atom. The number of hydrogen-bond acceptors (Lipinski definition) is 6. The first-order valence-electron chi connectivity index (χ1n) is 10.9. The van der Waals surface area contributed by atoms with Crippen LogP contribution in [0.2, 0.25) is 0 Å². The van der Waals surface area contributed by atoms with E-state index in [4.69, 9.17) is 0 Å². The van der Waals surface area contributed by atoms with E-state index in [0.29, 0.717) is 16.9 Å². The minimum Gasteiger partial charge on any atom is -0.366 e. The third-order valence-electron chi connectivity index (χ3n) is 5.86. The molecule has 1 fully saturated rings. The number of anilines is 1. The molecule has 32 heavy (non-hydrogen) atoms. The Hall–Kier alpha value is -3.05. The van der Waals surface area contributed by atoms with Crippen molar-refractivity contribution in [2.24, 2.45) is 0 Å². The standard InChI is InChI=1S/C24H25FN4O2S/c25-17-12-14-19(15-13-17)32(30,31)22(16-26)23-24(27-18-8-4-2-1-3-5-9-18)29-21-11-7-6-10-20(21)28-23/h6-7,10-15,18,22H,1-5,8-9H2,(H,27,29)/t22-/m0/s1. The molecule has 1 N–H and O–H groups in total. The van der Waals surface area contributed by atoms with Gasteiger partial charge < -0.3 is 5.32 Å². The summed E-state index contributed by atoms with van der Waals surface area (Å²) in [5, 5.41) is 11.8. The van der Waals surface area contributed by atoms with Crippen molar-refractivity contribution in [1.82, 2.24) is 9.97 Å². The smallest absolute Gasteiger partial charge is 0.200 e. The summed E-state index contributed by atoms with van der Waals surface area (Å²) in [4.78, 5) is 9.10. The Kier molecular flexibility index (Phi) is 6.66. The summed E-state index contributed by atoms with van der Waals surface area (Å²) in [6.07, 6.45) is 7.67. The first-order valence-corrected chi connectivity index (χ1v) is 12.5. The molecule has 166 valence electrons. The molecule has 8 heteroatoms. The van der Waals surface area contributed by atoms with Crippen LogP contribution in [0.3, 0.4) is 0 Å². The summed E-state index contributed by atoms with van der Waals surface area (Å²) in [6, 6.07) is 13.7. The summed E-state index contributed by atoms with van der Waals surface area (Å²) >= 11 is 0. The molecule has 0 aliphatic heterocycles. The fraction of sp³-hybridized carbons (Fsp3) is 0.375. The maximum absolute atomic E-state index is 13.3. The quantitative estimate of drug-likeness (QED) is 0.526. The van der Waals surface area contributed by atoms with Crippen molar-refractivity contribution in [2.75, 3.05) is 5.32 Å². The maximum Gasteiger partial charge on any atom is 0.200 e. The van der Waals surface area contributed by atoms with Crippen molar-refractivity contribution in [2.45, 2.75) is 61.1 Å². The van der Waals surface area contributed by atoms with Crippen LogP contribution in [0.5, 0.6) is 0 Å². The number of nitrogens with zero attached hydrogens (tertiary/aromatic N) is 3. The van der Waals surface area contributed by atoms with E-state index >= 15 is 0 Å². The van der Waals surface area contributed by atoms with Gasteiger partial charge in [-0.1, -0.05) is 44.2 Å². The number of fused-ring (bicyclic) bond motifs is 1. The Labute approximate surface area is 187 Å². The van der Waals surface area contributed by atoms with Gasteiger partial charge in [-0.15, -0.1) is 0 Å². The molecule has 0 saturated heterocycles. The van der Waals surface area contributed by atoms with Gasteiger partial charge in [0.05, 0.1) is 22.0 Å². The van der Waals surface area contributed by atoms with Gasteiger partial charge in [0.2, 0.25) is 9.84 Å². The van der Waals surface area contributed by atoms with Gasteiger partial charge >= 0.3 is 0 Å². The van der Waals surface area contributed by atoms with E-state index in [-0.39, 0.29) is 16.6 Å². The van der Waals surface area contributed by atoms with E-state index < -0.39 is 20.9 Å². The number of nitriles is 1. The molecular formula is C24H25FN4O2S. The second kappa shape index (κ2) is 9.61. The predicted molar refractivity (Wildman–Crippen MR) is 121 cm³/mol. The average molecular weight is 453 g/mol. The Balaban J connectivity index is 1.79. The number of sulfone groups is 1. The lowest BCUT2D eigenvalue weighted by Crippen LogP contribution is -2.24. The second-order valence-electron chi connectivity index (χ2n) is 8.14. The largest absolute Gasteiger partial charge is 0.366 e. The molecule has 4 rings (SSSR count). The molecule has 1 saturated carbocycles. The second-order valence-corrected chi connectivity index (χ2v) is 10.2. The number of nitrogens with one attached hydrogen (secondary N) is 1. The van der Waals surface area contributed by atoms with Gasteiger partial charge in [0.1, 0.15) is 11.5 Å². The lowest BCUT2D eigenvalue weighted by Gasteiger charge is -2.24. The molecule has 0 unspecified atom stereocenters. The van der Waals surface area contributed by atoms with Crippen LogP contribution in [0.15, 0.2) is 53.4 Å². The minimum atomic E-state index is -4.14. The van der Waals surface area contributed by atoms with E-state index in [1.54, 1.807) is 12.1 Å². The predicted octanol–water partition coefficient (Wildman–Crippen LogP) is 5.33. The van der Waals surface area contributed by atoms with Crippen LogP contribution in [0.1, 0.15) is 55.9 Å². The van der Waals surface area contributed by atoms with Crippen molar-refractivity contribution < 1.29 is 12.8 Å².